The number of aryl methyl sites for hydroxylation is 1. The van der Waals surface area contributed by atoms with Crippen LogP contribution < -0.4 is 5.32 Å². The molecule has 19 heavy (non-hydrogen) atoms. The van der Waals surface area contributed by atoms with E-state index in [-0.39, 0.29) is 11.8 Å². The van der Waals surface area contributed by atoms with Crippen LogP contribution in [0.5, 0.6) is 5.75 Å². The fraction of sp³-hybridized carbons (Fsp3) is 0.267. The summed E-state index contributed by atoms with van der Waals surface area (Å²) in [5, 5.41) is 13.8. The third-order valence-corrected chi connectivity index (χ3v) is 3.29. The van der Waals surface area contributed by atoms with E-state index in [1.165, 1.54) is 0 Å². The molecule has 2 aromatic rings. The molecule has 0 fully saturated rings. The van der Waals surface area contributed by atoms with Crippen molar-refractivity contribution in [3.8, 4) is 5.75 Å². The zero-order valence-electron chi connectivity index (χ0n) is 11.0. The van der Waals surface area contributed by atoms with Crippen molar-refractivity contribution in [3.63, 3.8) is 0 Å². The highest BCUT2D eigenvalue weighted by Gasteiger charge is 2.08. The van der Waals surface area contributed by atoms with Crippen LogP contribution in [0.2, 0.25) is 5.02 Å². The van der Waals surface area contributed by atoms with Crippen molar-refractivity contribution < 1.29 is 5.11 Å². The van der Waals surface area contributed by atoms with Crippen molar-refractivity contribution in [2.24, 2.45) is 0 Å². The second-order valence-electron chi connectivity index (χ2n) is 4.57. The molecule has 2 N–H and O–H groups in total. The normalized spacial score (nSPS) is 12.4. The Bertz CT molecular complexity index is 555. The summed E-state index contributed by atoms with van der Waals surface area (Å²) < 4.78 is 0. The number of halogens is 1. The summed E-state index contributed by atoms with van der Waals surface area (Å²) in [6, 6.07) is 11.4. The molecule has 0 aliphatic heterocycles. The highest BCUT2D eigenvalue weighted by Crippen LogP contribution is 2.18. The first-order valence-corrected chi connectivity index (χ1v) is 6.58. The fourth-order valence-corrected chi connectivity index (χ4v) is 1.98. The molecule has 0 saturated heterocycles. The molecule has 3 nitrogen and oxygen atoms in total. The summed E-state index contributed by atoms with van der Waals surface area (Å²) in [6.45, 7) is 4.50. The quantitative estimate of drug-likeness (QED) is 0.897. The van der Waals surface area contributed by atoms with E-state index in [1.807, 2.05) is 31.2 Å². The first-order valence-electron chi connectivity index (χ1n) is 6.20. The molecular formula is C15H17ClN2O. The molecule has 0 aliphatic rings. The third kappa shape index (κ3) is 3.69. The van der Waals surface area contributed by atoms with Gasteiger partial charge in [-0.2, -0.15) is 0 Å². The van der Waals surface area contributed by atoms with E-state index >= 15 is 0 Å². The van der Waals surface area contributed by atoms with Crippen molar-refractivity contribution >= 4 is 11.6 Å². The van der Waals surface area contributed by atoms with E-state index in [4.69, 9.17) is 11.6 Å². The second kappa shape index (κ2) is 6.04. The predicted octanol–water partition coefficient (Wildman–Crippen LogP) is 3.60. The maximum atomic E-state index is 9.73. The van der Waals surface area contributed by atoms with Crippen LogP contribution >= 0.6 is 11.6 Å². The number of aromatic hydroxyl groups is 1. The molecule has 0 radical (unpaired) electrons. The van der Waals surface area contributed by atoms with Crippen molar-refractivity contribution in [3.05, 3.63) is 58.4 Å². The summed E-state index contributed by atoms with van der Waals surface area (Å²) in [7, 11) is 0. The van der Waals surface area contributed by atoms with Crippen molar-refractivity contribution in [2.45, 2.75) is 26.4 Å². The SMILES string of the molecule is Cc1ccc(O)c(CNC(C)c2ccc(Cl)cc2)n1. The van der Waals surface area contributed by atoms with Gasteiger partial charge >= 0.3 is 0 Å². The minimum Gasteiger partial charge on any atom is -0.506 e. The minimum atomic E-state index is 0.166. The zero-order chi connectivity index (χ0) is 13.8. The Kier molecular flexibility index (Phi) is 4.40. The number of hydrogen-bond donors (Lipinski definition) is 2. The molecule has 1 unspecified atom stereocenters. The fourth-order valence-electron chi connectivity index (χ4n) is 1.85. The van der Waals surface area contributed by atoms with Crippen molar-refractivity contribution in [1.82, 2.24) is 10.3 Å². The number of pyridine rings is 1. The first-order chi connectivity index (χ1) is 9.06. The van der Waals surface area contributed by atoms with Gasteiger partial charge in [0.25, 0.3) is 0 Å². The minimum absolute atomic E-state index is 0.166. The number of nitrogens with zero attached hydrogens (tertiary/aromatic N) is 1. The van der Waals surface area contributed by atoms with Crippen LogP contribution in [0.25, 0.3) is 0 Å². The lowest BCUT2D eigenvalue weighted by molar-refractivity contribution is 0.454. The Labute approximate surface area is 118 Å². The topological polar surface area (TPSA) is 45.1 Å². The van der Waals surface area contributed by atoms with Crippen LogP contribution in [0.3, 0.4) is 0 Å². The standard InChI is InChI=1S/C15H17ClN2O/c1-10-3-8-15(19)14(18-10)9-17-11(2)12-4-6-13(16)7-5-12/h3-8,11,17,19H,9H2,1-2H3. The number of hydrogen-bond acceptors (Lipinski definition) is 3. The van der Waals surface area contributed by atoms with Gasteiger partial charge in [-0.15, -0.1) is 0 Å². The predicted molar refractivity (Wildman–Crippen MR) is 77.3 cm³/mol. The Morgan fingerprint density at radius 3 is 2.58 bits per heavy atom. The average Bonchev–Trinajstić information content (AvgIpc) is 2.40. The largest absolute Gasteiger partial charge is 0.506 e. The van der Waals surface area contributed by atoms with Crippen LogP contribution in [-0.2, 0) is 6.54 Å². The lowest BCUT2D eigenvalue weighted by atomic mass is 10.1. The average molecular weight is 277 g/mol. The Morgan fingerprint density at radius 1 is 1.21 bits per heavy atom. The van der Waals surface area contributed by atoms with Gasteiger partial charge < -0.3 is 10.4 Å². The summed E-state index contributed by atoms with van der Waals surface area (Å²) in [6.07, 6.45) is 0. The maximum absolute atomic E-state index is 9.73. The Balaban J connectivity index is 2.02. The smallest absolute Gasteiger partial charge is 0.138 e. The van der Waals surface area contributed by atoms with Gasteiger partial charge in [0.05, 0.1) is 5.69 Å². The summed E-state index contributed by atoms with van der Waals surface area (Å²) in [5.74, 6) is 0.224. The molecule has 0 aliphatic carbocycles. The van der Waals surface area contributed by atoms with Gasteiger partial charge in [-0.3, -0.25) is 4.98 Å². The summed E-state index contributed by atoms with van der Waals surface area (Å²) >= 11 is 5.86. The van der Waals surface area contributed by atoms with Crippen molar-refractivity contribution in [2.75, 3.05) is 0 Å². The molecule has 2 rings (SSSR count). The summed E-state index contributed by atoms with van der Waals surface area (Å²) in [5.41, 5.74) is 2.71. The number of rotatable bonds is 4. The molecule has 1 aromatic heterocycles. The summed E-state index contributed by atoms with van der Waals surface area (Å²) in [4.78, 5) is 4.32. The Morgan fingerprint density at radius 2 is 1.89 bits per heavy atom. The molecule has 0 spiro atoms. The van der Waals surface area contributed by atoms with Gasteiger partial charge in [0.1, 0.15) is 5.75 Å². The molecule has 1 atom stereocenters. The maximum Gasteiger partial charge on any atom is 0.138 e. The number of nitrogens with one attached hydrogen (secondary N) is 1. The van der Waals surface area contributed by atoms with Gasteiger partial charge in [-0.25, -0.2) is 0 Å². The molecule has 100 valence electrons. The van der Waals surface area contributed by atoms with Gasteiger partial charge in [0.2, 0.25) is 0 Å². The van der Waals surface area contributed by atoms with E-state index in [2.05, 4.69) is 17.2 Å². The lowest BCUT2D eigenvalue weighted by Crippen LogP contribution is -2.19. The highest BCUT2D eigenvalue weighted by atomic mass is 35.5. The second-order valence-corrected chi connectivity index (χ2v) is 5.01. The molecule has 1 heterocycles. The monoisotopic (exact) mass is 276 g/mol. The van der Waals surface area contributed by atoms with Gasteiger partial charge in [-0.1, -0.05) is 23.7 Å². The van der Waals surface area contributed by atoms with E-state index in [0.29, 0.717) is 12.2 Å². The van der Waals surface area contributed by atoms with Crippen LogP contribution in [0, 0.1) is 6.92 Å². The van der Waals surface area contributed by atoms with Gasteiger partial charge in [0, 0.05) is 23.3 Å². The van der Waals surface area contributed by atoms with Crippen LogP contribution in [-0.4, -0.2) is 10.1 Å². The van der Waals surface area contributed by atoms with E-state index < -0.39 is 0 Å². The van der Waals surface area contributed by atoms with Gasteiger partial charge in [-0.05, 0) is 43.7 Å². The highest BCUT2D eigenvalue weighted by molar-refractivity contribution is 6.30. The third-order valence-electron chi connectivity index (χ3n) is 3.04. The molecule has 0 saturated carbocycles. The van der Waals surface area contributed by atoms with E-state index in [1.54, 1.807) is 12.1 Å². The molecule has 0 bridgehead atoms. The van der Waals surface area contributed by atoms with E-state index in [9.17, 15) is 5.11 Å². The number of aromatic nitrogens is 1. The first kappa shape index (κ1) is 13.8. The van der Waals surface area contributed by atoms with Crippen LogP contribution in [0.15, 0.2) is 36.4 Å². The van der Waals surface area contributed by atoms with Crippen molar-refractivity contribution in [1.29, 1.82) is 0 Å². The van der Waals surface area contributed by atoms with Crippen LogP contribution in [0.1, 0.15) is 29.9 Å². The van der Waals surface area contributed by atoms with Crippen LogP contribution in [0.4, 0.5) is 0 Å². The van der Waals surface area contributed by atoms with E-state index in [0.717, 1.165) is 16.3 Å². The Hall–Kier alpha value is -1.58. The lowest BCUT2D eigenvalue weighted by Gasteiger charge is -2.14. The zero-order valence-corrected chi connectivity index (χ0v) is 11.8. The molecular weight excluding hydrogens is 260 g/mol. The molecule has 1 aromatic carbocycles. The molecule has 0 amide bonds. The number of benzene rings is 1. The molecule has 4 heteroatoms. The van der Waals surface area contributed by atoms with Gasteiger partial charge in [0.15, 0.2) is 0 Å².